The highest BCUT2D eigenvalue weighted by Gasteiger charge is 2.09. The van der Waals surface area contributed by atoms with Crippen LogP contribution in [0, 0.1) is 0 Å². The molecule has 0 bridgehead atoms. The second-order valence-electron chi connectivity index (χ2n) is 2.77. The third kappa shape index (κ3) is 3.27. The number of nitrogens with two attached hydrogens (primary N) is 1. The van der Waals surface area contributed by atoms with Crippen molar-refractivity contribution in [2.45, 2.75) is 12.6 Å². The maximum absolute atomic E-state index is 10.3. The van der Waals surface area contributed by atoms with E-state index in [9.17, 15) is 4.79 Å². The molecule has 0 saturated heterocycles. The maximum atomic E-state index is 10.3. The van der Waals surface area contributed by atoms with Crippen LogP contribution in [0.5, 0.6) is 0 Å². The summed E-state index contributed by atoms with van der Waals surface area (Å²) in [5.74, 6) is -0.987. The fourth-order valence-corrected chi connectivity index (χ4v) is 0.927. The summed E-state index contributed by atoms with van der Waals surface area (Å²) in [6.07, 6.45) is 1.81. The van der Waals surface area contributed by atoms with E-state index in [0.29, 0.717) is 6.54 Å². The molecule has 1 unspecified atom stereocenters. The standard InChI is InChI=1S/C8H13N3O2/c9-7(8(12)13)5-10-4-6-2-1-3-11-6/h1-3,7,10-11H,4-5,9H2,(H,12,13). The number of aliphatic carboxylic acids is 1. The van der Waals surface area contributed by atoms with Crippen LogP contribution in [0.1, 0.15) is 5.69 Å². The molecular formula is C8H13N3O2. The average Bonchev–Trinajstić information content (AvgIpc) is 2.56. The number of carboxylic acid groups (broad SMARTS) is 1. The van der Waals surface area contributed by atoms with Crippen molar-refractivity contribution in [1.82, 2.24) is 10.3 Å². The van der Waals surface area contributed by atoms with E-state index < -0.39 is 12.0 Å². The Morgan fingerprint density at radius 1 is 1.77 bits per heavy atom. The summed E-state index contributed by atoms with van der Waals surface area (Å²) in [5.41, 5.74) is 6.30. The second-order valence-corrected chi connectivity index (χ2v) is 2.77. The first-order valence-electron chi connectivity index (χ1n) is 4.01. The summed E-state index contributed by atoms with van der Waals surface area (Å²) in [6, 6.07) is 2.96. The number of H-pyrrole nitrogens is 1. The van der Waals surface area contributed by atoms with Crippen molar-refractivity contribution < 1.29 is 9.90 Å². The van der Waals surface area contributed by atoms with Crippen LogP contribution in [0.4, 0.5) is 0 Å². The van der Waals surface area contributed by atoms with E-state index in [2.05, 4.69) is 10.3 Å². The van der Waals surface area contributed by atoms with E-state index in [-0.39, 0.29) is 6.54 Å². The molecule has 1 aromatic rings. The minimum absolute atomic E-state index is 0.272. The molecule has 0 aliphatic heterocycles. The molecule has 0 aliphatic rings. The van der Waals surface area contributed by atoms with E-state index in [1.165, 1.54) is 0 Å². The molecule has 0 aromatic carbocycles. The molecule has 72 valence electrons. The zero-order chi connectivity index (χ0) is 9.68. The molecule has 0 amide bonds. The van der Waals surface area contributed by atoms with Gasteiger partial charge in [-0.1, -0.05) is 0 Å². The van der Waals surface area contributed by atoms with Crippen LogP contribution < -0.4 is 11.1 Å². The van der Waals surface area contributed by atoms with Gasteiger partial charge in [-0.15, -0.1) is 0 Å². The lowest BCUT2D eigenvalue weighted by molar-refractivity contribution is -0.138. The number of rotatable bonds is 5. The highest BCUT2D eigenvalue weighted by atomic mass is 16.4. The largest absolute Gasteiger partial charge is 0.480 e. The molecule has 13 heavy (non-hydrogen) atoms. The number of carboxylic acids is 1. The van der Waals surface area contributed by atoms with Crippen LogP contribution in [0.2, 0.25) is 0 Å². The van der Waals surface area contributed by atoms with Gasteiger partial charge in [0.2, 0.25) is 0 Å². The maximum Gasteiger partial charge on any atom is 0.321 e. The molecule has 1 atom stereocenters. The van der Waals surface area contributed by atoms with Crippen molar-refractivity contribution in [2.24, 2.45) is 5.73 Å². The summed E-state index contributed by atoms with van der Waals surface area (Å²) >= 11 is 0. The van der Waals surface area contributed by atoms with Gasteiger partial charge in [-0.2, -0.15) is 0 Å². The van der Waals surface area contributed by atoms with Gasteiger partial charge in [-0.05, 0) is 12.1 Å². The number of aromatic amines is 1. The van der Waals surface area contributed by atoms with Gasteiger partial charge in [0.05, 0.1) is 0 Å². The number of aromatic nitrogens is 1. The average molecular weight is 183 g/mol. The molecule has 0 fully saturated rings. The molecule has 5 nitrogen and oxygen atoms in total. The van der Waals surface area contributed by atoms with Crippen molar-refractivity contribution in [3.63, 3.8) is 0 Å². The Hall–Kier alpha value is -1.33. The third-order valence-electron chi connectivity index (χ3n) is 1.66. The number of nitrogens with one attached hydrogen (secondary N) is 2. The lowest BCUT2D eigenvalue weighted by Crippen LogP contribution is -2.40. The predicted molar refractivity (Wildman–Crippen MR) is 48.1 cm³/mol. The Labute approximate surface area is 75.9 Å². The summed E-state index contributed by atoms with van der Waals surface area (Å²) in [6.45, 7) is 0.877. The molecule has 0 spiro atoms. The lowest BCUT2D eigenvalue weighted by Gasteiger charge is -2.06. The zero-order valence-corrected chi connectivity index (χ0v) is 7.16. The number of hydrogen-bond acceptors (Lipinski definition) is 3. The van der Waals surface area contributed by atoms with Crippen LogP contribution in [0.25, 0.3) is 0 Å². The molecule has 5 N–H and O–H groups in total. The topological polar surface area (TPSA) is 91.1 Å². The van der Waals surface area contributed by atoms with Crippen LogP contribution in [-0.4, -0.2) is 28.6 Å². The second kappa shape index (κ2) is 4.64. The van der Waals surface area contributed by atoms with Crippen LogP contribution >= 0.6 is 0 Å². The highest BCUT2D eigenvalue weighted by molar-refractivity contribution is 5.73. The fraction of sp³-hybridized carbons (Fsp3) is 0.375. The summed E-state index contributed by atoms with van der Waals surface area (Å²) in [7, 11) is 0. The van der Waals surface area contributed by atoms with Crippen LogP contribution in [0.15, 0.2) is 18.3 Å². The van der Waals surface area contributed by atoms with Crippen LogP contribution in [-0.2, 0) is 11.3 Å². The Morgan fingerprint density at radius 3 is 3.08 bits per heavy atom. The van der Waals surface area contributed by atoms with Crippen molar-refractivity contribution in [1.29, 1.82) is 0 Å². The lowest BCUT2D eigenvalue weighted by atomic mass is 10.3. The zero-order valence-electron chi connectivity index (χ0n) is 7.16. The van der Waals surface area contributed by atoms with Crippen molar-refractivity contribution >= 4 is 5.97 Å². The molecule has 0 radical (unpaired) electrons. The summed E-state index contributed by atoms with van der Waals surface area (Å²) < 4.78 is 0. The van der Waals surface area contributed by atoms with Crippen molar-refractivity contribution in [2.75, 3.05) is 6.54 Å². The van der Waals surface area contributed by atoms with Gasteiger partial charge >= 0.3 is 5.97 Å². The van der Waals surface area contributed by atoms with Crippen molar-refractivity contribution in [3.8, 4) is 0 Å². The van der Waals surface area contributed by atoms with Gasteiger partial charge in [0, 0.05) is 25.0 Å². The smallest absolute Gasteiger partial charge is 0.321 e. The first-order chi connectivity index (χ1) is 6.20. The molecule has 0 saturated carbocycles. The van der Waals surface area contributed by atoms with Gasteiger partial charge in [0.25, 0.3) is 0 Å². The Kier molecular flexibility index (Phi) is 3.48. The highest BCUT2D eigenvalue weighted by Crippen LogP contribution is 1.92. The summed E-state index contributed by atoms with van der Waals surface area (Å²) in [4.78, 5) is 13.3. The summed E-state index contributed by atoms with van der Waals surface area (Å²) in [5, 5.41) is 11.4. The first kappa shape index (κ1) is 9.76. The number of carbonyl (C=O) groups is 1. The predicted octanol–water partition coefficient (Wildman–Crippen LogP) is -0.484. The van der Waals surface area contributed by atoms with E-state index in [1.54, 1.807) is 0 Å². The van der Waals surface area contributed by atoms with Gasteiger partial charge in [-0.3, -0.25) is 4.79 Å². The Bertz CT molecular complexity index is 258. The minimum Gasteiger partial charge on any atom is -0.480 e. The molecule has 0 aliphatic carbocycles. The van der Waals surface area contributed by atoms with E-state index >= 15 is 0 Å². The molecule has 1 rings (SSSR count). The van der Waals surface area contributed by atoms with Gasteiger partial charge in [0.15, 0.2) is 0 Å². The van der Waals surface area contributed by atoms with Gasteiger partial charge < -0.3 is 21.1 Å². The molecule has 5 heteroatoms. The Morgan fingerprint density at radius 2 is 2.54 bits per heavy atom. The molecule has 1 heterocycles. The minimum atomic E-state index is -0.987. The van der Waals surface area contributed by atoms with Gasteiger partial charge in [-0.25, -0.2) is 0 Å². The fourth-order valence-electron chi connectivity index (χ4n) is 0.927. The number of hydrogen-bond donors (Lipinski definition) is 4. The Balaban J connectivity index is 2.18. The van der Waals surface area contributed by atoms with Gasteiger partial charge in [0.1, 0.15) is 6.04 Å². The normalized spacial score (nSPS) is 12.7. The van der Waals surface area contributed by atoms with Crippen LogP contribution in [0.3, 0.4) is 0 Å². The van der Waals surface area contributed by atoms with Crippen molar-refractivity contribution in [3.05, 3.63) is 24.0 Å². The van der Waals surface area contributed by atoms with E-state index in [0.717, 1.165) is 5.69 Å². The monoisotopic (exact) mass is 183 g/mol. The van der Waals surface area contributed by atoms with E-state index in [1.807, 2.05) is 18.3 Å². The van der Waals surface area contributed by atoms with E-state index in [4.69, 9.17) is 10.8 Å². The first-order valence-corrected chi connectivity index (χ1v) is 4.01. The third-order valence-corrected chi connectivity index (χ3v) is 1.66. The SMILES string of the molecule is NC(CNCc1ccc[nH]1)C(=O)O. The quantitative estimate of drug-likeness (QED) is 0.496. The molecule has 1 aromatic heterocycles. The molecular weight excluding hydrogens is 170 g/mol.